The first-order valence-electron chi connectivity index (χ1n) is 15.0. The van der Waals surface area contributed by atoms with Gasteiger partial charge in [-0.2, -0.15) is 0 Å². The summed E-state index contributed by atoms with van der Waals surface area (Å²) in [5.41, 5.74) is 2.91. The van der Waals surface area contributed by atoms with Crippen molar-refractivity contribution in [3.8, 4) is 0 Å². The third-order valence-corrected chi connectivity index (χ3v) is 10.1. The Bertz CT molecular complexity index is 1780. The van der Waals surface area contributed by atoms with E-state index in [1.54, 1.807) is 44.2 Å². The molecular formula is C34H34N2O8S2. The van der Waals surface area contributed by atoms with Crippen LogP contribution in [0.5, 0.6) is 0 Å². The van der Waals surface area contributed by atoms with Gasteiger partial charge in [0.1, 0.15) is 24.9 Å². The van der Waals surface area contributed by atoms with Crippen molar-refractivity contribution >= 4 is 50.9 Å². The molecule has 1 amide bonds. The molecule has 3 aliphatic heterocycles. The Morgan fingerprint density at radius 3 is 2.54 bits per heavy atom. The molecule has 3 aliphatic rings. The lowest BCUT2D eigenvalue weighted by Crippen LogP contribution is -2.60. The number of aryl methyl sites for hydroxylation is 1. The van der Waals surface area contributed by atoms with Crippen LogP contribution in [-0.4, -0.2) is 65.7 Å². The second kappa shape index (κ2) is 11.7. The number of benzene rings is 3. The van der Waals surface area contributed by atoms with Crippen molar-refractivity contribution in [1.82, 2.24) is 4.98 Å². The first-order valence-corrected chi connectivity index (χ1v) is 16.6. The molecule has 240 valence electrons. The number of aromatic nitrogens is 1. The number of anilines is 1. The molecule has 12 heteroatoms. The highest BCUT2D eigenvalue weighted by Gasteiger charge is 2.66. The largest absolute Gasteiger partial charge is 0.456 e. The van der Waals surface area contributed by atoms with Gasteiger partial charge in [-0.05, 0) is 76.6 Å². The predicted octanol–water partition coefficient (Wildman–Crippen LogP) is 6.56. The number of hydrogen-bond donors (Lipinski definition) is 1. The number of carbonyl (C=O) groups is 2. The lowest BCUT2D eigenvalue weighted by molar-refractivity contribution is -0.293. The highest BCUT2D eigenvalue weighted by atomic mass is 32.2. The average molecular weight is 663 g/mol. The van der Waals surface area contributed by atoms with Crippen LogP contribution in [0.2, 0.25) is 0 Å². The minimum Gasteiger partial charge on any atom is -0.456 e. The van der Waals surface area contributed by atoms with E-state index >= 15 is 0 Å². The molecule has 0 saturated carbocycles. The van der Waals surface area contributed by atoms with Gasteiger partial charge in [0, 0.05) is 16.1 Å². The minimum atomic E-state index is -1.40. The van der Waals surface area contributed by atoms with Gasteiger partial charge in [-0.15, -0.1) is 11.3 Å². The summed E-state index contributed by atoms with van der Waals surface area (Å²) in [4.78, 5) is 32.4. The topological polar surface area (TPSA) is 114 Å². The van der Waals surface area contributed by atoms with Crippen molar-refractivity contribution < 1.29 is 38.0 Å². The van der Waals surface area contributed by atoms with E-state index in [9.17, 15) is 9.59 Å². The molecule has 0 unspecified atom stereocenters. The Balaban J connectivity index is 1.19. The fourth-order valence-corrected chi connectivity index (χ4v) is 8.25. The first-order chi connectivity index (χ1) is 21.9. The Morgan fingerprint density at radius 1 is 1.00 bits per heavy atom. The van der Waals surface area contributed by atoms with Gasteiger partial charge in [-0.3, -0.25) is 4.79 Å². The van der Waals surface area contributed by atoms with Crippen molar-refractivity contribution in [3.63, 3.8) is 0 Å². The zero-order valence-electron chi connectivity index (χ0n) is 26.0. The first kappa shape index (κ1) is 31.3. The summed E-state index contributed by atoms with van der Waals surface area (Å²) >= 11 is 2.90. The predicted molar refractivity (Wildman–Crippen MR) is 172 cm³/mol. The molecule has 4 aromatic rings. The highest BCUT2D eigenvalue weighted by Crippen LogP contribution is 2.48. The lowest BCUT2D eigenvalue weighted by Gasteiger charge is -2.40. The van der Waals surface area contributed by atoms with E-state index in [-0.39, 0.29) is 30.8 Å². The second-order valence-electron chi connectivity index (χ2n) is 12.4. The van der Waals surface area contributed by atoms with E-state index in [0.29, 0.717) is 16.1 Å². The van der Waals surface area contributed by atoms with Gasteiger partial charge in [0.15, 0.2) is 15.9 Å². The fraction of sp³-hybridized carbons (Fsp3) is 0.382. The van der Waals surface area contributed by atoms with Gasteiger partial charge in [-0.25, -0.2) is 9.78 Å². The van der Waals surface area contributed by atoms with Gasteiger partial charge in [0.05, 0.1) is 22.4 Å². The molecule has 0 aliphatic carbocycles. The monoisotopic (exact) mass is 662 g/mol. The number of carbonyl (C=O) groups excluding carboxylic acids is 2. The normalized spacial score (nSPS) is 26.0. The van der Waals surface area contributed by atoms with Gasteiger partial charge >= 0.3 is 5.97 Å². The molecule has 46 heavy (non-hydrogen) atoms. The van der Waals surface area contributed by atoms with Crippen molar-refractivity contribution in [2.24, 2.45) is 0 Å². The number of nitrogens with one attached hydrogen (secondary N) is 1. The van der Waals surface area contributed by atoms with Crippen LogP contribution < -0.4 is 5.32 Å². The van der Waals surface area contributed by atoms with E-state index in [4.69, 9.17) is 33.4 Å². The zero-order valence-corrected chi connectivity index (χ0v) is 27.7. The van der Waals surface area contributed by atoms with E-state index < -0.39 is 35.5 Å². The zero-order chi connectivity index (χ0) is 32.3. The number of amides is 1. The molecule has 3 saturated heterocycles. The molecule has 4 atom stereocenters. The standard InChI is InChI=1S/C34H34N2O8S2/c1-19-15-26(46-31-36-22-13-9-10-14-25(22)45-31)21(16-23(19)35-29(37)20-11-7-6-8-12-20)30(38)39-18-34-28(43-33(4,5)44-34)27-24(17-40-34)41-32(2,3)42-27/h6-16,24,27-28H,17-18H2,1-5H3,(H,35,37)/t24-,27-,28+,34+/m1/s1. The quantitative estimate of drug-likeness (QED) is 0.218. The van der Waals surface area contributed by atoms with Crippen LogP contribution in [0.3, 0.4) is 0 Å². The van der Waals surface area contributed by atoms with Crippen LogP contribution >= 0.6 is 23.1 Å². The Hall–Kier alpha value is -3.36. The van der Waals surface area contributed by atoms with Crippen molar-refractivity contribution in [2.75, 3.05) is 18.5 Å². The Labute approximate surface area is 274 Å². The van der Waals surface area contributed by atoms with Crippen LogP contribution in [-0.2, 0) is 28.4 Å². The van der Waals surface area contributed by atoms with Crippen molar-refractivity contribution in [3.05, 3.63) is 83.4 Å². The van der Waals surface area contributed by atoms with Gasteiger partial charge in [-0.1, -0.05) is 42.1 Å². The number of thiazole rings is 1. The van der Waals surface area contributed by atoms with Crippen LogP contribution in [0.25, 0.3) is 10.2 Å². The molecule has 0 spiro atoms. The highest BCUT2D eigenvalue weighted by molar-refractivity contribution is 8.01. The lowest BCUT2D eigenvalue weighted by atomic mass is 9.97. The summed E-state index contributed by atoms with van der Waals surface area (Å²) in [5.74, 6) is -4.15. The molecule has 10 nitrogen and oxygen atoms in total. The summed E-state index contributed by atoms with van der Waals surface area (Å²) in [5, 5.41) is 2.95. The number of hydrogen-bond acceptors (Lipinski definition) is 11. The molecule has 4 heterocycles. The van der Waals surface area contributed by atoms with Crippen LogP contribution in [0.1, 0.15) is 54.0 Å². The summed E-state index contributed by atoms with van der Waals surface area (Å²) < 4.78 is 38.8. The van der Waals surface area contributed by atoms with Crippen LogP contribution in [0.15, 0.2) is 76.0 Å². The van der Waals surface area contributed by atoms with Crippen LogP contribution in [0.4, 0.5) is 5.69 Å². The number of rotatable bonds is 7. The molecule has 1 aromatic heterocycles. The SMILES string of the molecule is Cc1cc(Sc2nc3ccccc3s2)c(C(=O)OC[C@@]23OC[C@H]4OC(C)(C)O[C@H]4[C@@H]2OC(C)(C)O3)cc1NC(=O)c1ccccc1. The van der Waals surface area contributed by atoms with E-state index in [0.717, 1.165) is 20.1 Å². The minimum absolute atomic E-state index is 0.181. The third kappa shape index (κ3) is 6.06. The molecule has 7 rings (SSSR count). The van der Waals surface area contributed by atoms with E-state index in [1.807, 2.05) is 57.2 Å². The molecular weight excluding hydrogens is 629 g/mol. The van der Waals surface area contributed by atoms with Gasteiger partial charge in [0.2, 0.25) is 5.79 Å². The molecule has 3 fully saturated rings. The number of nitrogens with zero attached hydrogens (tertiary/aromatic N) is 1. The average Bonchev–Trinajstić information content (AvgIpc) is 3.66. The third-order valence-electron chi connectivity index (χ3n) is 7.98. The Kier molecular flexibility index (Phi) is 7.95. The van der Waals surface area contributed by atoms with E-state index in [2.05, 4.69) is 5.32 Å². The number of esters is 1. The van der Waals surface area contributed by atoms with Crippen molar-refractivity contribution in [2.45, 2.75) is 79.5 Å². The van der Waals surface area contributed by atoms with Gasteiger partial charge in [0.25, 0.3) is 5.91 Å². The number of para-hydroxylation sites is 1. The molecule has 0 radical (unpaired) electrons. The summed E-state index contributed by atoms with van der Waals surface area (Å²) in [6.45, 7) is 9.04. The molecule has 3 aromatic carbocycles. The summed E-state index contributed by atoms with van der Waals surface area (Å²) in [7, 11) is 0. The molecule has 0 bridgehead atoms. The fourth-order valence-electron chi connectivity index (χ4n) is 6.02. The summed E-state index contributed by atoms with van der Waals surface area (Å²) in [6, 6.07) is 20.3. The smallest absolute Gasteiger partial charge is 0.339 e. The van der Waals surface area contributed by atoms with E-state index in [1.165, 1.54) is 23.1 Å². The summed E-state index contributed by atoms with van der Waals surface area (Å²) in [6.07, 6.45) is -1.54. The second-order valence-corrected chi connectivity index (χ2v) is 14.7. The van der Waals surface area contributed by atoms with Gasteiger partial charge < -0.3 is 33.7 Å². The van der Waals surface area contributed by atoms with Crippen LogP contribution in [0, 0.1) is 6.92 Å². The van der Waals surface area contributed by atoms with Crippen molar-refractivity contribution in [1.29, 1.82) is 0 Å². The molecule has 1 N–H and O–H groups in total. The maximum Gasteiger partial charge on any atom is 0.339 e. The number of ether oxygens (including phenoxy) is 6. The number of fused-ring (bicyclic) bond motifs is 4. The Morgan fingerprint density at radius 2 is 1.76 bits per heavy atom. The maximum absolute atomic E-state index is 14.0. The maximum atomic E-state index is 14.0.